The molecule has 0 aliphatic heterocycles. The van der Waals surface area contributed by atoms with E-state index in [0.717, 1.165) is 12.8 Å². The number of carbonyl (C=O) groups is 3. The van der Waals surface area contributed by atoms with Gasteiger partial charge in [-0.15, -0.1) is 0 Å². The summed E-state index contributed by atoms with van der Waals surface area (Å²) in [6.45, 7) is 7.98. The minimum absolute atomic E-state index is 0.0351. The van der Waals surface area contributed by atoms with Gasteiger partial charge < -0.3 is 5.11 Å². The van der Waals surface area contributed by atoms with Crippen molar-refractivity contribution in [3.05, 3.63) is 22.3 Å². The monoisotopic (exact) mass is 328 g/mol. The normalized spacial score (nSPS) is 44.9. The van der Waals surface area contributed by atoms with Crippen LogP contribution >= 0.6 is 0 Å². The van der Waals surface area contributed by atoms with Crippen LogP contribution in [0.1, 0.15) is 53.4 Å². The number of hydrogen-bond acceptors (Lipinski definition) is 4. The summed E-state index contributed by atoms with van der Waals surface area (Å²) in [5, 5.41) is 10.9. The number of aliphatic hydroxyl groups is 1. The van der Waals surface area contributed by atoms with E-state index >= 15 is 0 Å². The molecule has 4 nitrogen and oxygen atoms in total. The van der Waals surface area contributed by atoms with Crippen LogP contribution in [0.25, 0.3) is 0 Å². The molecule has 1 spiro atoms. The van der Waals surface area contributed by atoms with E-state index in [0.29, 0.717) is 18.4 Å². The van der Waals surface area contributed by atoms with Gasteiger partial charge in [-0.3, -0.25) is 14.4 Å². The zero-order valence-corrected chi connectivity index (χ0v) is 14.7. The number of hydrogen-bond donors (Lipinski definition) is 1. The van der Waals surface area contributed by atoms with Crippen LogP contribution in [0.3, 0.4) is 0 Å². The fourth-order valence-electron chi connectivity index (χ4n) is 5.54. The second kappa shape index (κ2) is 4.54. The predicted molar refractivity (Wildman–Crippen MR) is 88.1 cm³/mol. The fraction of sp³-hybridized carbons (Fsp3) is 0.650. The third kappa shape index (κ3) is 1.60. The number of fused-ring (bicyclic) bond motifs is 2. The molecule has 1 saturated carbocycles. The SMILES string of the molecule is CC1=C(C)[C@@H]2CC(=O)C3=C(C(=O)C(=O)[C@]4(C[C@@H]4C)[C@@H]3O)[C@@]2(C)CC1. The van der Waals surface area contributed by atoms with Gasteiger partial charge in [0.15, 0.2) is 5.78 Å². The zero-order valence-electron chi connectivity index (χ0n) is 14.7. The van der Waals surface area contributed by atoms with Crippen LogP contribution in [0.4, 0.5) is 0 Å². The van der Waals surface area contributed by atoms with E-state index in [2.05, 4.69) is 6.92 Å². The maximum Gasteiger partial charge on any atom is 0.226 e. The molecule has 24 heavy (non-hydrogen) atoms. The minimum Gasteiger partial charge on any atom is -0.387 e. The molecular weight excluding hydrogens is 304 g/mol. The van der Waals surface area contributed by atoms with Crippen LogP contribution in [0.5, 0.6) is 0 Å². The fourth-order valence-corrected chi connectivity index (χ4v) is 5.54. The molecule has 0 heterocycles. The molecular formula is C20H24O4. The molecule has 4 aliphatic carbocycles. The van der Waals surface area contributed by atoms with Gasteiger partial charge in [0.2, 0.25) is 11.6 Å². The first kappa shape index (κ1) is 15.9. The zero-order chi connectivity index (χ0) is 17.6. The summed E-state index contributed by atoms with van der Waals surface area (Å²) in [5.74, 6) is -1.19. The molecule has 4 aliphatic rings. The highest BCUT2D eigenvalue weighted by atomic mass is 16.3. The van der Waals surface area contributed by atoms with Crippen molar-refractivity contribution in [1.29, 1.82) is 0 Å². The van der Waals surface area contributed by atoms with Crippen molar-refractivity contribution in [1.82, 2.24) is 0 Å². The number of rotatable bonds is 0. The van der Waals surface area contributed by atoms with Crippen molar-refractivity contribution >= 4 is 17.3 Å². The van der Waals surface area contributed by atoms with Gasteiger partial charge in [-0.05, 0) is 44.9 Å². The molecule has 1 N–H and O–H groups in total. The van der Waals surface area contributed by atoms with Crippen LogP contribution in [0.2, 0.25) is 0 Å². The molecule has 4 rings (SSSR count). The van der Waals surface area contributed by atoms with E-state index < -0.39 is 28.5 Å². The number of Topliss-reactive ketones (excluding diaryl/α,β-unsaturated/α-hetero) is 3. The van der Waals surface area contributed by atoms with Crippen LogP contribution in [0, 0.1) is 22.7 Å². The van der Waals surface area contributed by atoms with Gasteiger partial charge >= 0.3 is 0 Å². The molecule has 0 aromatic rings. The highest BCUT2D eigenvalue weighted by molar-refractivity contribution is 6.48. The first-order chi connectivity index (χ1) is 11.2. The second-order valence-electron chi connectivity index (χ2n) is 8.56. The molecule has 5 atom stereocenters. The maximum absolute atomic E-state index is 13.0. The Kier molecular flexibility index (Phi) is 3.02. The number of aliphatic hydroxyl groups excluding tert-OH is 1. The Labute approximate surface area is 142 Å². The van der Waals surface area contributed by atoms with Crippen molar-refractivity contribution in [2.24, 2.45) is 22.7 Å². The van der Waals surface area contributed by atoms with Gasteiger partial charge in [0, 0.05) is 23.0 Å². The second-order valence-corrected chi connectivity index (χ2v) is 8.56. The Morgan fingerprint density at radius 1 is 1.17 bits per heavy atom. The van der Waals surface area contributed by atoms with E-state index in [1.54, 1.807) is 0 Å². The predicted octanol–water partition coefficient (Wildman–Crippen LogP) is 2.55. The summed E-state index contributed by atoms with van der Waals surface area (Å²) in [6, 6.07) is 0. The van der Waals surface area contributed by atoms with Gasteiger partial charge in [0.25, 0.3) is 0 Å². The Balaban J connectivity index is 1.94. The first-order valence-electron chi connectivity index (χ1n) is 8.87. The molecule has 0 amide bonds. The first-order valence-corrected chi connectivity index (χ1v) is 8.87. The largest absolute Gasteiger partial charge is 0.387 e. The molecule has 0 saturated heterocycles. The van der Waals surface area contributed by atoms with Gasteiger partial charge in [-0.1, -0.05) is 25.0 Å². The lowest BCUT2D eigenvalue weighted by Gasteiger charge is -2.50. The van der Waals surface area contributed by atoms with Gasteiger partial charge in [-0.2, -0.15) is 0 Å². The average molecular weight is 328 g/mol. The lowest BCUT2D eigenvalue weighted by molar-refractivity contribution is -0.144. The Morgan fingerprint density at radius 3 is 2.38 bits per heavy atom. The molecule has 0 aromatic heterocycles. The Bertz CT molecular complexity index is 771. The quantitative estimate of drug-likeness (QED) is 0.548. The van der Waals surface area contributed by atoms with Gasteiger partial charge in [0.05, 0.1) is 11.5 Å². The summed E-state index contributed by atoms with van der Waals surface area (Å²) in [5.41, 5.74) is 1.49. The van der Waals surface area contributed by atoms with E-state index in [1.807, 2.05) is 20.8 Å². The molecule has 0 unspecified atom stereocenters. The van der Waals surface area contributed by atoms with E-state index in [9.17, 15) is 19.5 Å². The van der Waals surface area contributed by atoms with E-state index in [-0.39, 0.29) is 23.2 Å². The van der Waals surface area contributed by atoms with E-state index in [1.165, 1.54) is 11.1 Å². The van der Waals surface area contributed by atoms with Crippen LogP contribution in [-0.2, 0) is 14.4 Å². The molecule has 0 aromatic carbocycles. The Morgan fingerprint density at radius 2 is 1.79 bits per heavy atom. The molecule has 4 heteroatoms. The van der Waals surface area contributed by atoms with Crippen molar-refractivity contribution in [3.63, 3.8) is 0 Å². The lowest BCUT2D eigenvalue weighted by Crippen LogP contribution is -2.54. The summed E-state index contributed by atoms with van der Waals surface area (Å²) in [7, 11) is 0. The summed E-state index contributed by atoms with van der Waals surface area (Å²) < 4.78 is 0. The van der Waals surface area contributed by atoms with Crippen molar-refractivity contribution in [3.8, 4) is 0 Å². The minimum atomic E-state index is -1.11. The van der Waals surface area contributed by atoms with Gasteiger partial charge in [-0.25, -0.2) is 0 Å². The number of ketones is 3. The van der Waals surface area contributed by atoms with Crippen molar-refractivity contribution < 1.29 is 19.5 Å². The van der Waals surface area contributed by atoms with Crippen LogP contribution in [-0.4, -0.2) is 28.6 Å². The average Bonchev–Trinajstić information content (AvgIpc) is 3.21. The highest BCUT2D eigenvalue weighted by Crippen LogP contribution is 2.64. The topological polar surface area (TPSA) is 71.4 Å². The third-order valence-electron chi connectivity index (χ3n) is 7.50. The number of carbonyl (C=O) groups excluding carboxylic acids is 3. The summed E-state index contributed by atoms with van der Waals surface area (Å²) >= 11 is 0. The summed E-state index contributed by atoms with van der Waals surface area (Å²) in [6.07, 6.45) is 1.34. The van der Waals surface area contributed by atoms with Crippen LogP contribution in [0.15, 0.2) is 22.3 Å². The van der Waals surface area contributed by atoms with E-state index in [4.69, 9.17) is 0 Å². The van der Waals surface area contributed by atoms with Crippen LogP contribution < -0.4 is 0 Å². The maximum atomic E-state index is 13.0. The third-order valence-corrected chi connectivity index (χ3v) is 7.50. The lowest BCUT2D eigenvalue weighted by atomic mass is 9.52. The summed E-state index contributed by atoms with van der Waals surface area (Å²) in [4.78, 5) is 38.7. The number of allylic oxidation sites excluding steroid dienone is 3. The molecule has 128 valence electrons. The Hall–Kier alpha value is -1.55. The standard InChI is InChI=1S/C20H24O4/c1-9-5-6-19(4)12(11(9)3)7-13(21)14-15(19)16(22)18(24)20(17(14)23)8-10(20)2/h10,12,17,23H,5-8H2,1-4H3/t10-,12-,17+,19-,20-/m0/s1. The highest BCUT2D eigenvalue weighted by Gasteiger charge is 2.69. The molecule has 0 bridgehead atoms. The van der Waals surface area contributed by atoms with Crippen molar-refractivity contribution in [2.45, 2.75) is 59.5 Å². The van der Waals surface area contributed by atoms with Gasteiger partial charge in [0.1, 0.15) is 0 Å². The molecule has 0 radical (unpaired) electrons. The smallest absolute Gasteiger partial charge is 0.226 e. The van der Waals surface area contributed by atoms with Crippen molar-refractivity contribution in [2.75, 3.05) is 0 Å². The molecule has 1 fully saturated rings.